The third-order valence-corrected chi connectivity index (χ3v) is 4.87. The van der Waals surface area contributed by atoms with Crippen LogP contribution in [0, 0.1) is 5.92 Å². The minimum atomic E-state index is 0.174. The number of hydrogen-bond acceptors (Lipinski definition) is 1. The molecule has 0 amide bonds. The summed E-state index contributed by atoms with van der Waals surface area (Å²) in [6, 6.07) is 8.13. The van der Waals surface area contributed by atoms with E-state index in [0.717, 1.165) is 24.0 Å². The Morgan fingerprint density at radius 2 is 2.20 bits per heavy atom. The molecule has 0 bridgehead atoms. The molecular weight excluding hydrogens is 270 g/mol. The van der Waals surface area contributed by atoms with Gasteiger partial charge < -0.3 is 11.1 Å². The van der Waals surface area contributed by atoms with E-state index in [-0.39, 0.29) is 5.41 Å². The highest BCUT2D eigenvalue weighted by molar-refractivity contribution is 6.30. The fraction of sp³-hybridized carbons (Fsp3) is 0.562. The topological polar surface area (TPSA) is 50.4 Å². The monoisotopic (exact) mass is 291 g/mol. The molecule has 2 fully saturated rings. The van der Waals surface area contributed by atoms with E-state index in [1.165, 1.54) is 37.7 Å². The Balaban J connectivity index is 1.56. The number of guanidine groups is 1. The van der Waals surface area contributed by atoms with E-state index in [9.17, 15) is 0 Å². The normalized spacial score (nSPS) is 21.4. The number of hydrogen-bond donors (Lipinski definition) is 2. The zero-order chi connectivity index (χ0) is 14.0. The maximum Gasteiger partial charge on any atom is 0.188 e. The van der Waals surface area contributed by atoms with E-state index in [1.807, 2.05) is 12.1 Å². The Labute approximate surface area is 125 Å². The summed E-state index contributed by atoms with van der Waals surface area (Å²) in [6.07, 6.45) is 6.36. The number of nitrogens with zero attached hydrogens (tertiary/aromatic N) is 1. The molecule has 0 atom stereocenters. The van der Waals surface area contributed by atoms with Gasteiger partial charge in [-0.25, -0.2) is 0 Å². The van der Waals surface area contributed by atoms with Crippen LogP contribution in [-0.4, -0.2) is 19.0 Å². The van der Waals surface area contributed by atoms with Crippen LogP contribution in [0.3, 0.4) is 0 Å². The van der Waals surface area contributed by atoms with Crippen LogP contribution in [0.2, 0.25) is 5.02 Å². The number of rotatable bonds is 5. The maximum atomic E-state index is 6.08. The Kier molecular flexibility index (Phi) is 3.88. The molecule has 3 N–H and O–H groups in total. The van der Waals surface area contributed by atoms with E-state index in [0.29, 0.717) is 5.96 Å². The summed E-state index contributed by atoms with van der Waals surface area (Å²) in [5, 5.41) is 4.05. The van der Waals surface area contributed by atoms with Gasteiger partial charge in [0.15, 0.2) is 5.96 Å². The number of aliphatic imine (C=N–C) groups is 1. The third kappa shape index (κ3) is 3.09. The zero-order valence-electron chi connectivity index (χ0n) is 11.7. The highest BCUT2D eigenvalue weighted by Crippen LogP contribution is 2.48. The summed E-state index contributed by atoms with van der Waals surface area (Å²) < 4.78 is 0. The highest BCUT2D eigenvalue weighted by Gasteiger charge is 2.44. The Morgan fingerprint density at radius 3 is 2.80 bits per heavy atom. The minimum Gasteiger partial charge on any atom is -0.370 e. The molecule has 0 heterocycles. The Morgan fingerprint density at radius 1 is 1.40 bits per heavy atom. The fourth-order valence-electron chi connectivity index (χ4n) is 2.75. The number of benzene rings is 1. The van der Waals surface area contributed by atoms with Crippen molar-refractivity contribution in [2.24, 2.45) is 16.6 Å². The second-order valence-corrected chi connectivity index (χ2v) is 6.61. The van der Waals surface area contributed by atoms with Gasteiger partial charge in [-0.1, -0.05) is 30.2 Å². The summed E-state index contributed by atoms with van der Waals surface area (Å²) in [6.45, 7) is 1.73. The molecule has 2 aliphatic carbocycles. The first-order valence-corrected chi connectivity index (χ1v) is 7.86. The van der Waals surface area contributed by atoms with Crippen molar-refractivity contribution in [3.05, 3.63) is 34.9 Å². The first kappa shape index (κ1) is 13.7. The molecule has 0 spiro atoms. The maximum absolute atomic E-state index is 6.08. The number of nitrogens with one attached hydrogen (secondary N) is 1. The van der Waals surface area contributed by atoms with E-state index >= 15 is 0 Å². The van der Waals surface area contributed by atoms with Gasteiger partial charge in [0.25, 0.3) is 0 Å². The molecule has 3 nitrogen and oxygen atoms in total. The van der Waals surface area contributed by atoms with Crippen LogP contribution in [0.1, 0.15) is 37.7 Å². The lowest BCUT2D eigenvalue weighted by atomic mass is 9.85. The largest absolute Gasteiger partial charge is 0.370 e. The van der Waals surface area contributed by atoms with Crippen LogP contribution in [0.15, 0.2) is 29.3 Å². The first-order chi connectivity index (χ1) is 9.68. The van der Waals surface area contributed by atoms with E-state index in [4.69, 9.17) is 17.3 Å². The summed E-state index contributed by atoms with van der Waals surface area (Å²) in [5.74, 6) is 1.39. The van der Waals surface area contributed by atoms with Crippen LogP contribution in [0.5, 0.6) is 0 Å². The van der Waals surface area contributed by atoms with Gasteiger partial charge in [0.05, 0.1) is 6.54 Å². The van der Waals surface area contributed by atoms with Crippen LogP contribution >= 0.6 is 11.6 Å². The van der Waals surface area contributed by atoms with Crippen molar-refractivity contribution in [1.82, 2.24) is 5.32 Å². The summed E-state index contributed by atoms with van der Waals surface area (Å²) in [5.41, 5.74) is 7.42. The Bertz CT molecular complexity index is 504. The Hall–Kier alpha value is -1.22. The smallest absolute Gasteiger partial charge is 0.188 e. The molecule has 2 aliphatic rings. The van der Waals surface area contributed by atoms with Crippen molar-refractivity contribution in [2.45, 2.75) is 37.5 Å². The average Bonchev–Trinajstić information content (AvgIpc) is 3.16. The van der Waals surface area contributed by atoms with Crippen LogP contribution < -0.4 is 11.1 Å². The standard InChI is InChI=1S/C16H22ClN3/c17-14-6-2-5-13(9-14)16(7-8-16)11-20-15(18)19-10-12-3-1-4-12/h2,5-6,9,12H,1,3-4,7-8,10-11H2,(H3,18,19,20). The molecule has 1 aromatic carbocycles. The summed E-state index contributed by atoms with van der Waals surface area (Å²) >= 11 is 6.08. The van der Waals surface area contributed by atoms with Crippen molar-refractivity contribution in [3.8, 4) is 0 Å². The fourth-order valence-corrected chi connectivity index (χ4v) is 2.94. The van der Waals surface area contributed by atoms with Gasteiger partial charge in [0.2, 0.25) is 0 Å². The van der Waals surface area contributed by atoms with Crippen molar-refractivity contribution in [2.75, 3.05) is 13.1 Å². The van der Waals surface area contributed by atoms with Crippen molar-refractivity contribution < 1.29 is 0 Å². The van der Waals surface area contributed by atoms with Crippen molar-refractivity contribution >= 4 is 17.6 Å². The van der Waals surface area contributed by atoms with Gasteiger partial charge in [0, 0.05) is 17.0 Å². The second kappa shape index (κ2) is 5.65. The van der Waals surface area contributed by atoms with E-state index in [1.54, 1.807) is 0 Å². The molecular formula is C16H22ClN3. The van der Waals surface area contributed by atoms with E-state index in [2.05, 4.69) is 22.4 Å². The lowest BCUT2D eigenvalue weighted by Crippen LogP contribution is -2.37. The predicted octanol–water partition coefficient (Wildman–Crippen LogP) is 3.08. The average molecular weight is 292 g/mol. The lowest BCUT2D eigenvalue weighted by molar-refractivity contribution is 0.315. The molecule has 4 heteroatoms. The quantitative estimate of drug-likeness (QED) is 0.647. The number of halogens is 1. The molecule has 0 aromatic heterocycles. The third-order valence-electron chi connectivity index (χ3n) is 4.64. The second-order valence-electron chi connectivity index (χ2n) is 6.17. The van der Waals surface area contributed by atoms with Crippen LogP contribution in [0.4, 0.5) is 0 Å². The van der Waals surface area contributed by atoms with Gasteiger partial charge >= 0.3 is 0 Å². The summed E-state index contributed by atoms with van der Waals surface area (Å²) in [4.78, 5) is 4.53. The van der Waals surface area contributed by atoms with Crippen molar-refractivity contribution in [1.29, 1.82) is 0 Å². The predicted molar refractivity (Wildman–Crippen MR) is 84.2 cm³/mol. The van der Waals surface area contributed by atoms with Gasteiger partial charge in [-0.2, -0.15) is 0 Å². The SMILES string of the molecule is NC(=NCC1(c2cccc(Cl)c2)CC1)NCC1CCC1. The lowest BCUT2D eigenvalue weighted by Gasteiger charge is -2.25. The van der Waals surface area contributed by atoms with Crippen molar-refractivity contribution in [3.63, 3.8) is 0 Å². The van der Waals surface area contributed by atoms with Crippen LogP contribution in [-0.2, 0) is 5.41 Å². The molecule has 0 radical (unpaired) electrons. The zero-order valence-corrected chi connectivity index (χ0v) is 12.5. The minimum absolute atomic E-state index is 0.174. The number of nitrogens with two attached hydrogens (primary N) is 1. The molecule has 20 heavy (non-hydrogen) atoms. The molecule has 0 unspecified atom stereocenters. The molecule has 2 saturated carbocycles. The molecule has 1 aromatic rings. The molecule has 0 saturated heterocycles. The van der Waals surface area contributed by atoms with Gasteiger partial charge in [-0.3, -0.25) is 4.99 Å². The first-order valence-electron chi connectivity index (χ1n) is 7.48. The van der Waals surface area contributed by atoms with E-state index < -0.39 is 0 Å². The van der Waals surface area contributed by atoms with Gasteiger partial charge in [0.1, 0.15) is 0 Å². The molecule has 0 aliphatic heterocycles. The highest BCUT2D eigenvalue weighted by atomic mass is 35.5. The molecule has 3 rings (SSSR count). The summed E-state index contributed by atoms with van der Waals surface area (Å²) in [7, 11) is 0. The van der Waals surface area contributed by atoms with Gasteiger partial charge in [-0.05, 0) is 49.3 Å². The van der Waals surface area contributed by atoms with Gasteiger partial charge in [-0.15, -0.1) is 0 Å². The van der Waals surface area contributed by atoms with Crippen LogP contribution in [0.25, 0.3) is 0 Å². The molecule has 108 valence electrons.